The molecule has 0 aliphatic heterocycles. The fraction of sp³-hybridized carbons (Fsp3) is 0.111. The zero-order valence-corrected chi connectivity index (χ0v) is 15.2. The summed E-state index contributed by atoms with van der Waals surface area (Å²) in [7, 11) is 1.58. The first-order chi connectivity index (χ1) is 13.2. The summed E-state index contributed by atoms with van der Waals surface area (Å²) in [4.78, 5) is 28.1. The Morgan fingerprint density at radius 3 is 2.59 bits per heavy atom. The van der Waals surface area contributed by atoms with Crippen LogP contribution in [0.3, 0.4) is 0 Å². The summed E-state index contributed by atoms with van der Waals surface area (Å²) in [5, 5.41) is 7.33. The zero-order chi connectivity index (χ0) is 19.1. The maximum atomic E-state index is 11.9. The highest BCUT2D eigenvalue weighted by molar-refractivity contribution is 7.99. The molecule has 3 aromatic rings. The van der Waals surface area contributed by atoms with Crippen molar-refractivity contribution in [3.8, 4) is 17.1 Å². The Labute approximate surface area is 159 Å². The molecule has 0 aliphatic rings. The highest BCUT2D eigenvalue weighted by Crippen LogP contribution is 2.27. The Balaban J connectivity index is 1.51. The van der Waals surface area contributed by atoms with E-state index in [1.165, 1.54) is 0 Å². The highest BCUT2D eigenvalue weighted by atomic mass is 32.2. The summed E-state index contributed by atoms with van der Waals surface area (Å²) in [6.07, 6.45) is 0. The van der Waals surface area contributed by atoms with E-state index in [2.05, 4.69) is 26.0 Å². The van der Waals surface area contributed by atoms with Gasteiger partial charge in [0.1, 0.15) is 5.75 Å². The van der Waals surface area contributed by atoms with Gasteiger partial charge in [0.05, 0.1) is 18.4 Å². The van der Waals surface area contributed by atoms with Crippen molar-refractivity contribution in [1.82, 2.24) is 26.0 Å². The van der Waals surface area contributed by atoms with Crippen LogP contribution in [0.1, 0.15) is 10.4 Å². The number of aromatic nitrogens is 3. The maximum absolute atomic E-state index is 11.9. The fourth-order valence-corrected chi connectivity index (χ4v) is 2.82. The van der Waals surface area contributed by atoms with Gasteiger partial charge in [-0.1, -0.05) is 42.1 Å². The lowest BCUT2D eigenvalue weighted by molar-refractivity contribution is -0.119. The van der Waals surface area contributed by atoms with E-state index in [9.17, 15) is 9.59 Å². The van der Waals surface area contributed by atoms with Crippen molar-refractivity contribution in [2.75, 3.05) is 12.9 Å². The molecular weight excluding hydrogens is 366 g/mol. The van der Waals surface area contributed by atoms with Crippen molar-refractivity contribution in [2.45, 2.75) is 5.16 Å². The van der Waals surface area contributed by atoms with Gasteiger partial charge in [-0.2, -0.15) is 0 Å². The Morgan fingerprint density at radius 1 is 1.07 bits per heavy atom. The molecule has 0 fully saturated rings. The van der Waals surface area contributed by atoms with Crippen LogP contribution in [0.25, 0.3) is 11.4 Å². The molecule has 138 valence electrons. The molecular formula is C18H17N5O3S. The average Bonchev–Trinajstić information content (AvgIpc) is 3.20. The van der Waals surface area contributed by atoms with Crippen LogP contribution in [0, 0.1) is 0 Å². The van der Waals surface area contributed by atoms with Crippen molar-refractivity contribution < 1.29 is 14.3 Å². The molecule has 8 nitrogen and oxygen atoms in total. The van der Waals surface area contributed by atoms with Gasteiger partial charge in [-0.05, 0) is 24.3 Å². The number of carbonyl (C=O) groups excluding carboxylic acids is 2. The first kappa shape index (κ1) is 18.5. The van der Waals surface area contributed by atoms with Crippen LogP contribution < -0.4 is 15.6 Å². The van der Waals surface area contributed by atoms with E-state index in [4.69, 9.17) is 4.74 Å². The molecule has 3 N–H and O–H groups in total. The molecule has 0 atom stereocenters. The lowest BCUT2D eigenvalue weighted by atomic mass is 10.2. The molecule has 0 aliphatic carbocycles. The summed E-state index contributed by atoms with van der Waals surface area (Å²) in [6.45, 7) is 0. The van der Waals surface area contributed by atoms with E-state index < -0.39 is 0 Å². The highest BCUT2D eigenvalue weighted by Gasteiger charge is 2.12. The average molecular weight is 383 g/mol. The summed E-state index contributed by atoms with van der Waals surface area (Å²) < 4.78 is 5.30. The Hall–Kier alpha value is -3.33. The number of hydrogen-bond acceptors (Lipinski definition) is 6. The molecule has 2 amide bonds. The number of nitrogens with zero attached hydrogens (tertiary/aromatic N) is 2. The largest absolute Gasteiger partial charge is 0.496 e. The van der Waals surface area contributed by atoms with Gasteiger partial charge in [0.25, 0.3) is 5.91 Å². The number of benzene rings is 2. The topological polar surface area (TPSA) is 109 Å². The first-order valence-electron chi connectivity index (χ1n) is 8.00. The van der Waals surface area contributed by atoms with Crippen molar-refractivity contribution >= 4 is 23.6 Å². The third kappa shape index (κ3) is 4.85. The number of amides is 2. The van der Waals surface area contributed by atoms with E-state index in [0.29, 0.717) is 22.3 Å². The van der Waals surface area contributed by atoms with Gasteiger partial charge in [-0.15, -0.1) is 5.10 Å². The molecule has 0 unspecified atom stereocenters. The molecule has 1 heterocycles. The number of ether oxygens (including phenoxy) is 1. The van der Waals surface area contributed by atoms with Gasteiger partial charge >= 0.3 is 0 Å². The van der Waals surface area contributed by atoms with Gasteiger partial charge in [0, 0.05) is 5.56 Å². The van der Waals surface area contributed by atoms with Crippen molar-refractivity contribution in [3.05, 3.63) is 60.2 Å². The number of para-hydroxylation sites is 1. The number of nitrogens with one attached hydrogen (secondary N) is 3. The summed E-state index contributed by atoms with van der Waals surface area (Å²) in [5.74, 6) is 0.524. The van der Waals surface area contributed by atoms with Crippen LogP contribution in [-0.4, -0.2) is 39.9 Å². The van der Waals surface area contributed by atoms with E-state index in [0.717, 1.165) is 17.3 Å². The molecule has 0 saturated heterocycles. The van der Waals surface area contributed by atoms with Gasteiger partial charge in [-0.3, -0.25) is 25.5 Å². The van der Waals surface area contributed by atoms with Crippen molar-refractivity contribution in [1.29, 1.82) is 0 Å². The van der Waals surface area contributed by atoms with Crippen LogP contribution in [0.2, 0.25) is 0 Å². The predicted octanol–water partition coefficient (Wildman–Crippen LogP) is 2.03. The number of hydrazine groups is 1. The fourth-order valence-electron chi connectivity index (χ4n) is 2.23. The van der Waals surface area contributed by atoms with Crippen LogP contribution in [0.15, 0.2) is 59.8 Å². The van der Waals surface area contributed by atoms with Crippen LogP contribution in [0.5, 0.6) is 5.75 Å². The van der Waals surface area contributed by atoms with Crippen LogP contribution in [0.4, 0.5) is 0 Å². The summed E-state index contributed by atoms with van der Waals surface area (Å²) in [6, 6.07) is 16.0. The minimum absolute atomic E-state index is 0.0539. The third-order valence-electron chi connectivity index (χ3n) is 3.51. The molecule has 0 radical (unpaired) electrons. The minimum atomic E-state index is -0.384. The van der Waals surface area contributed by atoms with Gasteiger partial charge < -0.3 is 4.74 Å². The number of methoxy groups -OCH3 is 1. The van der Waals surface area contributed by atoms with E-state index >= 15 is 0 Å². The Bertz CT molecular complexity index is 930. The molecule has 2 aromatic carbocycles. The van der Waals surface area contributed by atoms with E-state index in [1.54, 1.807) is 31.4 Å². The van der Waals surface area contributed by atoms with Gasteiger partial charge in [-0.25, -0.2) is 4.98 Å². The smallest absolute Gasteiger partial charge is 0.269 e. The summed E-state index contributed by atoms with van der Waals surface area (Å²) >= 11 is 1.15. The molecule has 0 spiro atoms. The molecule has 1 aromatic heterocycles. The van der Waals surface area contributed by atoms with Crippen LogP contribution >= 0.6 is 11.8 Å². The summed E-state index contributed by atoms with van der Waals surface area (Å²) in [5.41, 5.74) is 5.96. The Morgan fingerprint density at radius 2 is 1.81 bits per heavy atom. The van der Waals surface area contributed by atoms with Crippen LogP contribution in [-0.2, 0) is 4.79 Å². The maximum Gasteiger partial charge on any atom is 0.269 e. The quantitative estimate of drug-likeness (QED) is 0.444. The second-order valence-electron chi connectivity index (χ2n) is 5.32. The lowest BCUT2D eigenvalue weighted by Gasteiger charge is -2.06. The number of hydrogen-bond donors (Lipinski definition) is 3. The second kappa shape index (κ2) is 8.86. The zero-order valence-electron chi connectivity index (χ0n) is 14.4. The number of thioether (sulfide) groups is 1. The van der Waals surface area contributed by atoms with Crippen molar-refractivity contribution in [2.24, 2.45) is 0 Å². The van der Waals surface area contributed by atoms with Gasteiger partial charge in [0.15, 0.2) is 5.82 Å². The number of rotatable bonds is 6. The molecule has 27 heavy (non-hydrogen) atoms. The number of aromatic amines is 1. The molecule has 0 saturated carbocycles. The standard InChI is InChI=1S/C18H17N5O3S/c1-26-14-10-6-5-9-13(14)16-19-18(23-21-16)27-11-15(24)20-22-17(25)12-7-3-2-4-8-12/h2-10H,11H2,1H3,(H,20,24)(H,22,25)(H,19,21,23). The third-order valence-corrected chi connectivity index (χ3v) is 4.36. The van der Waals surface area contributed by atoms with Gasteiger partial charge in [0.2, 0.25) is 11.1 Å². The number of carbonyl (C=O) groups is 2. The van der Waals surface area contributed by atoms with Crippen molar-refractivity contribution in [3.63, 3.8) is 0 Å². The SMILES string of the molecule is COc1ccccc1-c1nc(SCC(=O)NNC(=O)c2ccccc2)n[nH]1. The second-order valence-corrected chi connectivity index (χ2v) is 6.27. The molecule has 0 bridgehead atoms. The normalized spacial score (nSPS) is 10.3. The lowest BCUT2D eigenvalue weighted by Crippen LogP contribution is -2.42. The number of H-pyrrole nitrogens is 1. The molecule has 9 heteroatoms. The predicted molar refractivity (Wildman–Crippen MR) is 101 cm³/mol. The minimum Gasteiger partial charge on any atom is -0.496 e. The Kier molecular flexibility index (Phi) is 6.06. The first-order valence-corrected chi connectivity index (χ1v) is 8.99. The monoisotopic (exact) mass is 383 g/mol. The van der Waals surface area contributed by atoms with E-state index in [1.807, 2.05) is 30.3 Å². The van der Waals surface area contributed by atoms with E-state index in [-0.39, 0.29) is 17.6 Å². The molecule has 3 rings (SSSR count).